The number of halogens is 2. The van der Waals surface area contributed by atoms with Gasteiger partial charge in [-0.05, 0) is 74.5 Å². The fraction of sp³-hybridized carbons (Fsp3) is 0.500. The number of anilines is 2. The molecule has 1 aromatic carbocycles. The van der Waals surface area contributed by atoms with Crippen molar-refractivity contribution in [2.24, 2.45) is 5.73 Å². The van der Waals surface area contributed by atoms with Crippen molar-refractivity contribution in [2.75, 3.05) is 50.9 Å². The van der Waals surface area contributed by atoms with E-state index in [0.29, 0.717) is 33.8 Å². The number of hydrogen-bond donors (Lipinski definition) is 2. The summed E-state index contributed by atoms with van der Waals surface area (Å²) in [5.41, 5.74) is 8.49. The maximum atomic E-state index is 14.8. The van der Waals surface area contributed by atoms with Gasteiger partial charge < -0.3 is 20.4 Å². The minimum atomic E-state index is -1.90. The fourth-order valence-electron chi connectivity index (χ4n) is 4.91. The Morgan fingerprint density at radius 1 is 1.16 bits per heavy atom. The molecule has 45 heavy (non-hydrogen) atoms. The first-order chi connectivity index (χ1) is 21.2. The van der Waals surface area contributed by atoms with Crippen LogP contribution in [-0.2, 0) is 9.22 Å². The number of hydrogen-bond acceptors (Lipinski definition) is 9. The summed E-state index contributed by atoms with van der Waals surface area (Å²) in [7, 11) is 0.209. The van der Waals surface area contributed by atoms with Gasteiger partial charge in [-0.1, -0.05) is 32.4 Å². The molecule has 244 valence electrons. The third kappa shape index (κ3) is 9.69. The molecular weight excluding hydrogens is 629 g/mol. The second kappa shape index (κ2) is 15.3. The van der Waals surface area contributed by atoms with E-state index < -0.39 is 14.1 Å². The van der Waals surface area contributed by atoms with Crippen LogP contribution in [0.1, 0.15) is 45.3 Å². The van der Waals surface area contributed by atoms with Crippen molar-refractivity contribution in [3.63, 3.8) is 0 Å². The van der Waals surface area contributed by atoms with Crippen LogP contribution in [0.25, 0.3) is 11.3 Å². The molecule has 3 N–H and O–H groups in total. The molecular formula is C32H45ClFN7O2SSi. The maximum Gasteiger partial charge on any atom is 0.219 e. The first-order valence-corrected chi connectivity index (χ1v) is 19.5. The molecule has 1 unspecified atom stereocenters. The van der Waals surface area contributed by atoms with Gasteiger partial charge in [-0.2, -0.15) is 0 Å². The Kier molecular flexibility index (Phi) is 12.0. The van der Waals surface area contributed by atoms with Gasteiger partial charge in [-0.3, -0.25) is 14.7 Å². The van der Waals surface area contributed by atoms with Crippen LogP contribution in [0.4, 0.5) is 15.8 Å². The smallest absolute Gasteiger partial charge is 0.219 e. The monoisotopic (exact) mass is 673 g/mol. The van der Waals surface area contributed by atoms with E-state index in [9.17, 15) is 9.18 Å². The zero-order valence-corrected chi connectivity index (χ0v) is 29.6. The Balaban J connectivity index is 1.63. The molecule has 0 aliphatic carbocycles. The second-order valence-corrected chi connectivity index (χ2v) is 19.3. The molecule has 1 aliphatic heterocycles. The SMILES string of the molecule is CN1CCCN(C(CC(N)=O)c2cc(Nc3cc(-c4cc(Cl)ccc4F)nnc3SCCO[Si](C)(C)C(C)(C)C)ccn2)CC1. The highest BCUT2D eigenvalue weighted by Gasteiger charge is 2.37. The van der Waals surface area contributed by atoms with Gasteiger partial charge in [0.2, 0.25) is 5.91 Å². The molecule has 3 aromatic rings. The molecule has 2 aromatic heterocycles. The lowest BCUT2D eigenvalue weighted by molar-refractivity contribution is -0.119. The standard InChI is InChI=1S/C32H45ClFN7O2SSi/c1-32(2,3)45(5,6)43-16-17-44-31-28(20-26(38-39-31)24-18-22(33)8-9-25(24)34)37-23-10-11-36-27(19-23)29(21-30(35)42)41-13-7-12-40(4)14-15-41/h8-11,18-20,29H,7,12-17,21H2,1-6H3,(H2,35,42)(H,36,37,38). The molecule has 0 saturated carbocycles. The Morgan fingerprint density at radius 2 is 1.93 bits per heavy atom. The number of carbonyl (C=O) groups excluding carboxylic acids is 1. The van der Waals surface area contributed by atoms with Crippen LogP contribution in [0, 0.1) is 5.82 Å². The molecule has 4 rings (SSSR count). The van der Waals surface area contributed by atoms with E-state index in [4.69, 9.17) is 21.8 Å². The number of likely N-dealkylation sites (N-methyl/N-ethyl adjacent to an activating group) is 1. The molecule has 1 aliphatic rings. The van der Waals surface area contributed by atoms with Crippen molar-refractivity contribution >= 4 is 49.0 Å². The Bertz CT molecular complexity index is 1480. The average molecular weight is 674 g/mol. The number of carbonyl (C=O) groups is 1. The number of aromatic nitrogens is 3. The van der Waals surface area contributed by atoms with E-state index >= 15 is 0 Å². The van der Waals surface area contributed by atoms with Gasteiger partial charge in [0.25, 0.3) is 0 Å². The predicted octanol–water partition coefficient (Wildman–Crippen LogP) is 6.74. The quantitative estimate of drug-likeness (QED) is 0.123. The summed E-state index contributed by atoms with van der Waals surface area (Å²) in [5.74, 6) is -0.138. The van der Waals surface area contributed by atoms with Crippen LogP contribution in [0.15, 0.2) is 47.6 Å². The van der Waals surface area contributed by atoms with E-state index in [1.807, 2.05) is 12.1 Å². The highest BCUT2D eigenvalue weighted by molar-refractivity contribution is 7.99. The molecule has 0 radical (unpaired) electrons. The largest absolute Gasteiger partial charge is 0.416 e. The summed E-state index contributed by atoms with van der Waals surface area (Å²) in [4.78, 5) is 21.4. The lowest BCUT2D eigenvalue weighted by Gasteiger charge is -2.36. The van der Waals surface area contributed by atoms with Crippen molar-refractivity contribution in [1.29, 1.82) is 0 Å². The zero-order valence-electron chi connectivity index (χ0n) is 27.1. The molecule has 1 amide bonds. The van der Waals surface area contributed by atoms with Gasteiger partial charge in [-0.15, -0.1) is 22.0 Å². The number of nitrogens with zero attached hydrogens (tertiary/aromatic N) is 5. The number of nitrogens with two attached hydrogens (primary N) is 1. The minimum absolute atomic E-state index is 0.113. The van der Waals surface area contributed by atoms with E-state index in [2.05, 4.69) is 71.2 Å². The van der Waals surface area contributed by atoms with Crippen molar-refractivity contribution in [2.45, 2.75) is 62.8 Å². The summed E-state index contributed by atoms with van der Waals surface area (Å²) >= 11 is 7.72. The van der Waals surface area contributed by atoms with Crippen molar-refractivity contribution < 1.29 is 13.6 Å². The van der Waals surface area contributed by atoms with Gasteiger partial charge in [-0.25, -0.2) is 4.39 Å². The van der Waals surface area contributed by atoms with Gasteiger partial charge in [0.05, 0.1) is 23.1 Å². The Morgan fingerprint density at radius 3 is 2.67 bits per heavy atom. The molecule has 9 nitrogen and oxygen atoms in total. The number of rotatable bonds is 12. The second-order valence-electron chi connectivity index (χ2n) is 13.0. The van der Waals surface area contributed by atoms with E-state index in [1.165, 1.54) is 23.9 Å². The van der Waals surface area contributed by atoms with Gasteiger partial charge >= 0.3 is 0 Å². The fourth-order valence-corrected chi connectivity index (χ4v) is 7.00. The summed E-state index contributed by atoms with van der Waals surface area (Å²) < 4.78 is 21.2. The number of nitrogens with one attached hydrogen (secondary N) is 1. The van der Waals surface area contributed by atoms with E-state index in [1.54, 1.807) is 18.3 Å². The summed E-state index contributed by atoms with van der Waals surface area (Å²) in [6.07, 6.45) is 2.89. The third-order valence-corrected chi connectivity index (χ3v) is 14.3. The van der Waals surface area contributed by atoms with Gasteiger partial charge in [0.1, 0.15) is 10.8 Å². The van der Waals surface area contributed by atoms with Crippen molar-refractivity contribution in [3.05, 3.63) is 59.1 Å². The number of benzene rings is 1. The van der Waals surface area contributed by atoms with Crippen LogP contribution in [0.5, 0.6) is 0 Å². The predicted molar refractivity (Wildman–Crippen MR) is 184 cm³/mol. The van der Waals surface area contributed by atoms with Gasteiger partial charge in [0.15, 0.2) is 8.32 Å². The normalized spacial score (nSPS) is 15.9. The summed E-state index contributed by atoms with van der Waals surface area (Å²) in [6, 6.07) is 9.70. The Labute approximate surface area is 276 Å². The lowest BCUT2D eigenvalue weighted by atomic mass is 10.1. The van der Waals surface area contributed by atoms with Crippen LogP contribution in [0.2, 0.25) is 23.2 Å². The van der Waals surface area contributed by atoms with E-state index in [0.717, 1.165) is 44.0 Å². The van der Waals surface area contributed by atoms with Crippen LogP contribution in [0.3, 0.4) is 0 Å². The van der Waals surface area contributed by atoms with Gasteiger partial charge in [0, 0.05) is 60.9 Å². The van der Waals surface area contributed by atoms with Crippen LogP contribution >= 0.6 is 23.4 Å². The first kappa shape index (κ1) is 35.2. The summed E-state index contributed by atoms with van der Waals surface area (Å²) in [5, 5.41) is 13.5. The minimum Gasteiger partial charge on any atom is -0.416 e. The van der Waals surface area contributed by atoms with E-state index in [-0.39, 0.29) is 29.0 Å². The third-order valence-electron chi connectivity index (χ3n) is 8.55. The number of pyridine rings is 1. The molecule has 13 heteroatoms. The first-order valence-electron chi connectivity index (χ1n) is 15.3. The topological polar surface area (TPSA) is 110 Å². The molecule has 3 heterocycles. The molecule has 1 fully saturated rings. The average Bonchev–Trinajstić information content (AvgIpc) is 3.19. The lowest BCUT2D eigenvalue weighted by Crippen LogP contribution is -2.41. The Hall–Kier alpha value is -2.61. The molecule has 1 atom stereocenters. The highest BCUT2D eigenvalue weighted by atomic mass is 35.5. The molecule has 0 spiro atoms. The van der Waals surface area contributed by atoms with Crippen molar-refractivity contribution in [1.82, 2.24) is 25.0 Å². The van der Waals surface area contributed by atoms with Crippen LogP contribution in [-0.4, -0.2) is 84.8 Å². The summed E-state index contributed by atoms with van der Waals surface area (Å²) in [6.45, 7) is 15.3. The molecule has 0 bridgehead atoms. The van der Waals surface area contributed by atoms with Crippen molar-refractivity contribution in [3.8, 4) is 11.3 Å². The number of thioether (sulfide) groups is 1. The molecule has 1 saturated heterocycles. The van der Waals surface area contributed by atoms with Crippen LogP contribution < -0.4 is 11.1 Å². The zero-order chi connectivity index (χ0) is 32.8. The number of amides is 1. The highest BCUT2D eigenvalue weighted by Crippen LogP contribution is 2.37. The maximum absolute atomic E-state index is 14.8. The number of primary amides is 1.